The fourth-order valence-corrected chi connectivity index (χ4v) is 2.31. The van der Waals surface area contributed by atoms with Crippen LogP contribution in [0.4, 0.5) is 0 Å². The molecule has 19 heavy (non-hydrogen) atoms. The number of rotatable bonds is 3. The highest BCUT2D eigenvalue weighted by molar-refractivity contribution is 6.02. The van der Waals surface area contributed by atoms with Gasteiger partial charge in [0.25, 0.3) is 0 Å². The molecule has 0 aliphatic carbocycles. The third-order valence-electron chi connectivity index (χ3n) is 3.31. The Hall–Kier alpha value is -2.30. The van der Waals surface area contributed by atoms with Gasteiger partial charge in [0.1, 0.15) is 6.61 Å². The minimum absolute atomic E-state index is 0.0209. The van der Waals surface area contributed by atoms with Gasteiger partial charge >= 0.3 is 5.97 Å². The molecule has 98 valence electrons. The summed E-state index contributed by atoms with van der Waals surface area (Å²) in [5, 5.41) is 3.74. The van der Waals surface area contributed by atoms with E-state index < -0.39 is 0 Å². The summed E-state index contributed by atoms with van der Waals surface area (Å²) in [7, 11) is 0. The Kier molecular flexibility index (Phi) is 2.95. The first-order valence-electron chi connectivity index (χ1n) is 6.26. The number of ether oxygens (including phenoxy) is 1. The van der Waals surface area contributed by atoms with Crippen LogP contribution in [-0.2, 0) is 9.53 Å². The number of hydrogen-bond donors (Lipinski definition) is 2. The predicted octanol–water partition coefficient (Wildman–Crippen LogP) is 1.60. The zero-order valence-electron chi connectivity index (χ0n) is 10.3. The van der Waals surface area contributed by atoms with Gasteiger partial charge in [-0.05, 0) is 18.6 Å². The van der Waals surface area contributed by atoms with Gasteiger partial charge in [-0.15, -0.1) is 0 Å². The van der Waals surface area contributed by atoms with Gasteiger partial charge in [-0.25, -0.2) is 4.79 Å². The summed E-state index contributed by atoms with van der Waals surface area (Å²) in [4.78, 5) is 26.1. The number of amides is 1. The Morgan fingerprint density at radius 2 is 2.26 bits per heavy atom. The Morgan fingerprint density at radius 3 is 3.05 bits per heavy atom. The van der Waals surface area contributed by atoms with E-state index in [1.807, 2.05) is 18.2 Å². The van der Waals surface area contributed by atoms with E-state index >= 15 is 0 Å². The molecule has 2 aromatic rings. The van der Waals surface area contributed by atoms with Crippen LogP contribution in [0.1, 0.15) is 23.2 Å². The first kappa shape index (κ1) is 11.8. The second-order valence-electron chi connectivity index (χ2n) is 4.65. The number of benzene rings is 1. The van der Waals surface area contributed by atoms with E-state index in [4.69, 9.17) is 4.74 Å². The summed E-state index contributed by atoms with van der Waals surface area (Å²) in [6.07, 6.45) is 3.02. The molecule has 3 rings (SSSR count). The Bertz CT molecular complexity index is 632. The first-order valence-corrected chi connectivity index (χ1v) is 6.26. The Balaban J connectivity index is 1.70. The maximum Gasteiger partial charge on any atom is 0.340 e. The highest BCUT2D eigenvalue weighted by Crippen LogP contribution is 2.18. The third-order valence-corrected chi connectivity index (χ3v) is 3.31. The largest absolute Gasteiger partial charge is 0.460 e. The molecule has 1 atom stereocenters. The van der Waals surface area contributed by atoms with Crippen LogP contribution in [0.15, 0.2) is 30.5 Å². The van der Waals surface area contributed by atoms with Crippen LogP contribution >= 0.6 is 0 Å². The average Bonchev–Trinajstić information content (AvgIpc) is 3.03. The average molecular weight is 258 g/mol. The van der Waals surface area contributed by atoms with E-state index in [1.54, 1.807) is 12.3 Å². The van der Waals surface area contributed by atoms with E-state index in [1.165, 1.54) is 0 Å². The number of aromatic nitrogens is 1. The van der Waals surface area contributed by atoms with Crippen molar-refractivity contribution in [2.45, 2.75) is 18.9 Å². The summed E-state index contributed by atoms with van der Waals surface area (Å²) >= 11 is 0. The molecule has 1 aromatic heterocycles. The zero-order chi connectivity index (χ0) is 13.2. The van der Waals surface area contributed by atoms with Crippen molar-refractivity contribution in [2.24, 2.45) is 0 Å². The normalized spacial score (nSPS) is 18.5. The number of carbonyl (C=O) groups is 2. The van der Waals surface area contributed by atoms with Crippen LogP contribution in [0.25, 0.3) is 10.9 Å². The SMILES string of the molecule is O=C1CC[C@H](COC(=O)c2cccc3cc[nH]c23)N1. The number of hydrogen-bond acceptors (Lipinski definition) is 3. The quantitative estimate of drug-likeness (QED) is 0.821. The number of aromatic amines is 1. The molecule has 1 aliphatic heterocycles. The molecule has 1 fully saturated rings. The van der Waals surface area contributed by atoms with E-state index in [0.29, 0.717) is 12.0 Å². The van der Waals surface area contributed by atoms with Gasteiger partial charge in [0.05, 0.1) is 17.1 Å². The van der Waals surface area contributed by atoms with Crippen molar-refractivity contribution in [3.8, 4) is 0 Å². The number of carbonyl (C=O) groups excluding carboxylic acids is 2. The fourth-order valence-electron chi connectivity index (χ4n) is 2.31. The van der Waals surface area contributed by atoms with Crippen LogP contribution in [0.2, 0.25) is 0 Å². The van der Waals surface area contributed by atoms with Crippen molar-refractivity contribution in [1.82, 2.24) is 10.3 Å². The minimum atomic E-state index is -0.366. The molecule has 1 aromatic carbocycles. The molecule has 2 heterocycles. The molecule has 0 radical (unpaired) electrons. The lowest BCUT2D eigenvalue weighted by atomic mass is 10.1. The maximum absolute atomic E-state index is 12.0. The van der Waals surface area contributed by atoms with Crippen LogP contribution < -0.4 is 5.32 Å². The summed E-state index contributed by atoms with van der Waals surface area (Å²) in [6, 6.07) is 7.33. The summed E-state index contributed by atoms with van der Waals surface area (Å²) < 4.78 is 5.26. The third kappa shape index (κ3) is 2.31. The smallest absolute Gasteiger partial charge is 0.340 e. The van der Waals surface area contributed by atoms with Gasteiger partial charge in [-0.2, -0.15) is 0 Å². The predicted molar refractivity (Wildman–Crippen MR) is 69.7 cm³/mol. The van der Waals surface area contributed by atoms with Gasteiger partial charge in [-0.1, -0.05) is 12.1 Å². The molecule has 5 heteroatoms. The molecule has 0 spiro atoms. The van der Waals surface area contributed by atoms with Crippen LogP contribution in [-0.4, -0.2) is 29.5 Å². The van der Waals surface area contributed by atoms with Crippen molar-refractivity contribution in [2.75, 3.05) is 6.61 Å². The van der Waals surface area contributed by atoms with Gasteiger partial charge in [-0.3, -0.25) is 4.79 Å². The van der Waals surface area contributed by atoms with Gasteiger partial charge in [0.2, 0.25) is 5.91 Å². The first-order chi connectivity index (χ1) is 9.24. The van der Waals surface area contributed by atoms with Crippen molar-refractivity contribution >= 4 is 22.8 Å². The topological polar surface area (TPSA) is 71.2 Å². The molecule has 5 nitrogen and oxygen atoms in total. The van der Waals surface area contributed by atoms with Crippen LogP contribution in [0.3, 0.4) is 0 Å². The minimum Gasteiger partial charge on any atom is -0.460 e. The van der Waals surface area contributed by atoms with Gasteiger partial charge < -0.3 is 15.0 Å². The molecule has 2 N–H and O–H groups in total. The van der Waals surface area contributed by atoms with Crippen molar-refractivity contribution in [3.63, 3.8) is 0 Å². The van der Waals surface area contributed by atoms with Crippen molar-refractivity contribution in [1.29, 1.82) is 0 Å². The molecule has 0 unspecified atom stereocenters. The summed E-state index contributed by atoms with van der Waals surface area (Å²) in [5.74, 6) is -0.346. The Morgan fingerprint density at radius 1 is 1.37 bits per heavy atom. The number of nitrogens with one attached hydrogen (secondary N) is 2. The second kappa shape index (κ2) is 4.76. The number of fused-ring (bicyclic) bond motifs is 1. The number of H-pyrrole nitrogens is 1. The molecule has 0 bridgehead atoms. The molecule has 1 saturated heterocycles. The highest BCUT2D eigenvalue weighted by Gasteiger charge is 2.22. The van der Waals surface area contributed by atoms with Crippen molar-refractivity contribution in [3.05, 3.63) is 36.0 Å². The van der Waals surface area contributed by atoms with E-state index in [0.717, 1.165) is 17.3 Å². The van der Waals surface area contributed by atoms with Crippen molar-refractivity contribution < 1.29 is 14.3 Å². The Labute approximate surface area is 109 Å². The molecule has 1 amide bonds. The van der Waals surface area contributed by atoms with E-state index in [-0.39, 0.29) is 24.5 Å². The summed E-state index contributed by atoms with van der Waals surface area (Å²) in [5.41, 5.74) is 1.30. The van der Waals surface area contributed by atoms with E-state index in [9.17, 15) is 9.59 Å². The van der Waals surface area contributed by atoms with Gasteiger partial charge in [0.15, 0.2) is 0 Å². The zero-order valence-corrected chi connectivity index (χ0v) is 10.3. The van der Waals surface area contributed by atoms with Crippen LogP contribution in [0.5, 0.6) is 0 Å². The lowest BCUT2D eigenvalue weighted by Gasteiger charge is -2.11. The maximum atomic E-state index is 12.0. The van der Waals surface area contributed by atoms with Gasteiger partial charge in [0, 0.05) is 18.0 Å². The van der Waals surface area contributed by atoms with E-state index in [2.05, 4.69) is 10.3 Å². The lowest BCUT2D eigenvalue weighted by Crippen LogP contribution is -2.30. The fraction of sp³-hybridized carbons (Fsp3) is 0.286. The molecule has 1 aliphatic rings. The number of para-hydroxylation sites is 1. The lowest BCUT2D eigenvalue weighted by molar-refractivity contribution is -0.119. The monoisotopic (exact) mass is 258 g/mol. The number of esters is 1. The molecular weight excluding hydrogens is 244 g/mol. The standard InChI is InChI=1S/C14H14N2O3/c17-12-5-4-10(16-12)8-19-14(18)11-3-1-2-9-6-7-15-13(9)11/h1-3,6-7,10,15H,4-5,8H2,(H,16,17)/t10-/m1/s1. The highest BCUT2D eigenvalue weighted by atomic mass is 16.5. The molecule has 0 saturated carbocycles. The van der Waals surface area contributed by atoms with Crippen LogP contribution in [0, 0.1) is 0 Å². The second-order valence-corrected chi connectivity index (χ2v) is 4.65. The summed E-state index contributed by atoms with van der Waals surface area (Å²) in [6.45, 7) is 0.224. The molecular formula is C14H14N2O3.